The minimum Gasteiger partial charge on any atom is -0.383 e. The molecule has 0 bridgehead atoms. The lowest BCUT2D eigenvalue weighted by molar-refractivity contribution is 0.0742. The number of nitrogens with two attached hydrogens (primary N) is 1. The molecule has 2 N–H and O–H groups in total. The molecule has 2 heterocycles. The van der Waals surface area contributed by atoms with Crippen LogP contribution in [0.5, 0.6) is 0 Å². The Morgan fingerprint density at radius 2 is 1.55 bits per heavy atom. The number of piperidine rings is 1. The second-order valence-corrected chi connectivity index (χ2v) is 8.63. The van der Waals surface area contributed by atoms with Gasteiger partial charge < -0.3 is 15.4 Å². The monoisotopic (exact) mass is 397 g/mol. The standard InChI is InChI=1S/C24H32FN3O/c1-29-17-16-27-13-10-24(18-27)11-14-28(15-12-24)23(26)21-4-2-19(3-5-21)20-6-8-22(25)9-7-20/h2-9,23H,10-18,26H2,1H3. The SMILES string of the molecule is COCCN1CCC2(CCN(C(N)c3ccc(-c4ccc(F)cc4)cc3)CC2)C1. The highest BCUT2D eigenvalue weighted by Crippen LogP contribution is 2.41. The molecule has 156 valence electrons. The second-order valence-electron chi connectivity index (χ2n) is 8.63. The van der Waals surface area contributed by atoms with Gasteiger partial charge in [0.15, 0.2) is 0 Å². The predicted octanol–water partition coefficient (Wildman–Crippen LogP) is 3.88. The summed E-state index contributed by atoms with van der Waals surface area (Å²) in [5, 5.41) is 0. The van der Waals surface area contributed by atoms with Crippen molar-refractivity contribution in [3.63, 3.8) is 0 Å². The number of hydrogen-bond donors (Lipinski definition) is 1. The first-order valence-corrected chi connectivity index (χ1v) is 10.7. The number of rotatable bonds is 6. The topological polar surface area (TPSA) is 41.7 Å². The molecular formula is C24H32FN3O. The van der Waals surface area contributed by atoms with E-state index in [4.69, 9.17) is 10.5 Å². The van der Waals surface area contributed by atoms with E-state index in [0.29, 0.717) is 5.41 Å². The van der Waals surface area contributed by atoms with Crippen LogP contribution in [0.25, 0.3) is 11.1 Å². The van der Waals surface area contributed by atoms with Gasteiger partial charge in [-0.3, -0.25) is 4.90 Å². The van der Waals surface area contributed by atoms with E-state index in [1.165, 1.54) is 44.5 Å². The molecule has 4 rings (SSSR count). The van der Waals surface area contributed by atoms with Crippen LogP contribution in [-0.2, 0) is 4.74 Å². The lowest BCUT2D eigenvalue weighted by Crippen LogP contribution is -2.45. The van der Waals surface area contributed by atoms with Gasteiger partial charge in [0.1, 0.15) is 5.82 Å². The quantitative estimate of drug-likeness (QED) is 0.803. The lowest BCUT2D eigenvalue weighted by atomic mass is 9.77. The molecule has 2 aliphatic rings. The van der Waals surface area contributed by atoms with Crippen LogP contribution in [0, 0.1) is 11.2 Å². The fourth-order valence-electron chi connectivity index (χ4n) is 4.85. The molecule has 5 heteroatoms. The molecule has 0 radical (unpaired) electrons. The molecule has 1 unspecified atom stereocenters. The summed E-state index contributed by atoms with van der Waals surface area (Å²) in [6.45, 7) is 6.37. The highest BCUT2D eigenvalue weighted by Gasteiger charge is 2.41. The summed E-state index contributed by atoms with van der Waals surface area (Å²) < 4.78 is 18.4. The molecule has 2 aromatic carbocycles. The van der Waals surface area contributed by atoms with E-state index in [1.54, 1.807) is 7.11 Å². The van der Waals surface area contributed by atoms with Gasteiger partial charge in [0.2, 0.25) is 0 Å². The van der Waals surface area contributed by atoms with Crippen LogP contribution < -0.4 is 5.73 Å². The molecule has 1 atom stereocenters. The average Bonchev–Trinajstić information content (AvgIpc) is 3.15. The maximum absolute atomic E-state index is 13.1. The summed E-state index contributed by atoms with van der Waals surface area (Å²) in [6.07, 6.45) is 3.67. The third-order valence-electron chi connectivity index (χ3n) is 6.81. The number of likely N-dealkylation sites (tertiary alicyclic amines) is 2. The van der Waals surface area contributed by atoms with Crippen LogP contribution in [0.2, 0.25) is 0 Å². The largest absolute Gasteiger partial charge is 0.383 e. The van der Waals surface area contributed by atoms with E-state index in [0.717, 1.165) is 42.9 Å². The third kappa shape index (κ3) is 4.69. The number of hydrogen-bond acceptors (Lipinski definition) is 4. The van der Waals surface area contributed by atoms with E-state index < -0.39 is 0 Å². The zero-order valence-electron chi connectivity index (χ0n) is 17.3. The number of benzene rings is 2. The lowest BCUT2D eigenvalue weighted by Gasteiger charge is -2.41. The number of nitrogens with zero attached hydrogens (tertiary/aromatic N) is 2. The summed E-state index contributed by atoms with van der Waals surface area (Å²) >= 11 is 0. The van der Waals surface area contributed by atoms with E-state index >= 15 is 0 Å². The second kappa shape index (κ2) is 8.92. The van der Waals surface area contributed by atoms with Gasteiger partial charge in [-0.25, -0.2) is 4.39 Å². The molecule has 2 fully saturated rings. The molecular weight excluding hydrogens is 365 g/mol. The zero-order chi connectivity index (χ0) is 20.3. The summed E-state index contributed by atoms with van der Waals surface area (Å²) in [5.41, 5.74) is 10.3. The van der Waals surface area contributed by atoms with E-state index in [-0.39, 0.29) is 12.0 Å². The Morgan fingerprint density at radius 3 is 2.17 bits per heavy atom. The van der Waals surface area contributed by atoms with Gasteiger partial charge in [0.05, 0.1) is 12.8 Å². The first-order chi connectivity index (χ1) is 14.1. The Balaban J connectivity index is 1.34. The molecule has 0 aromatic heterocycles. The van der Waals surface area contributed by atoms with Crippen LogP contribution in [0.4, 0.5) is 4.39 Å². The first-order valence-electron chi connectivity index (χ1n) is 10.7. The van der Waals surface area contributed by atoms with Crippen LogP contribution in [0.3, 0.4) is 0 Å². The molecule has 4 nitrogen and oxygen atoms in total. The molecule has 2 aromatic rings. The number of methoxy groups -OCH3 is 1. The van der Waals surface area contributed by atoms with Crippen molar-refractivity contribution < 1.29 is 9.13 Å². The Bertz CT molecular complexity index is 785. The van der Waals surface area contributed by atoms with Crippen molar-refractivity contribution in [1.29, 1.82) is 0 Å². The van der Waals surface area contributed by atoms with Crippen molar-refractivity contribution in [3.05, 3.63) is 59.9 Å². The van der Waals surface area contributed by atoms with E-state index in [9.17, 15) is 4.39 Å². The van der Waals surface area contributed by atoms with Gasteiger partial charge in [0, 0.05) is 33.3 Å². The van der Waals surface area contributed by atoms with Crippen molar-refractivity contribution in [2.75, 3.05) is 46.4 Å². The molecule has 2 saturated heterocycles. The van der Waals surface area contributed by atoms with Crippen LogP contribution in [0.1, 0.15) is 31.0 Å². The number of halogens is 1. The fraction of sp³-hybridized carbons (Fsp3) is 0.500. The Hall–Kier alpha value is -1.79. The van der Waals surface area contributed by atoms with Gasteiger partial charge in [-0.15, -0.1) is 0 Å². The molecule has 0 amide bonds. The van der Waals surface area contributed by atoms with Gasteiger partial charge in [-0.1, -0.05) is 36.4 Å². The summed E-state index contributed by atoms with van der Waals surface area (Å²) in [6, 6.07) is 15.0. The van der Waals surface area contributed by atoms with Gasteiger partial charge in [-0.05, 0) is 60.0 Å². The minimum atomic E-state index is -0.209. The molecule has 0 aliphatic carbocycles. The zero-order valence-corrected chi connectivity index (χ0v) is 17.3. The highest BCUT2D eigenvalue weighted by molar-refractivity contribution is 5.63. The van der Waals surface area contributed by atoms with Crippen LogP contribution in [0.15, 0.2) is 48.5 Å². The maximum atomic E-state index is 13.1. The summed E-state index contributed by atoms with van der Waals surface area (Å²) in [5.74, 6) is -0.209. The van der Waals surface area contributed by atoms with Crippen LogP contribution in [-0.4, -0.2) is 56.2 Å². The van der Waals surface area contributed by atoms with E-state index in [1.807, 2.05) is 12.1 Å². The van der Waals surface area contributed by atoms with Gasteiger partial charge >= 0.3 is 0 Å². The normalized spacial score (nSPS) is 20.9. The van der Waals surface area contributed by atoms with Crippen molar-refractivity contribution in [2.45, 2.75) is 25.4 Å². The first kappa shape index (κ1) is 20.5. The van der Waals surface area contributed by atoms with Crippen molar-refractivity contribution in [2.24, 2.45) is 11.1 Å². The fourth-order valence-corrected chi connectivity index (χ4v) is 4.85. The molecule has 1 spiro atoms. The van der Waals surface area contributed by atoms with Gasteiger partial charge in [-0.2, -0.15) is 0 Å². The minimum absolute atomic E-state index is 0.0689. The van der Waals surface area contributed by atoms with Crippen molar-refractivity contribution >= 4 is 0 Å². The van der Waals surface area contributed by atoms with Crippen molar-refractivity contribution in [1.82, 2.24) is 9.80 Å². The summed E-state index contributed by atoms with van der Waals surface area (Å²) in [7, 11) is 1.78. The van der Waals surface area contributed by atoms with Gasteiger partial charge in [0.25, 0.3) is 0 Å². The Kier molecular flexibility index (Phi) is 6.30. The average molecular weight is 398 g/mol. The smallest absolute Gasteiger partial charge is 0.123 e. The highest BCUT2D eigenvalue weighted by atomic mass is 19.1. The van der Waals surface area contributed by atoms with E-state index in [2.05, 4.69) is 34.1 Å². The van der Waals surface area contributed by atoms with Crippen LogP contribution >= 0.6 is 0 Å². The number of ether oxygens (including phenoxy) is 1. The maximum Gasteiger partial charge on any atom is 0.123 e. The third-order valence-corrected chi connectivity index (χ3v) is 6.81. The van der Waals surface area contributed by atoms with Crippen molar-refractivity contribution in [3.8, 4) is 11.1 Å². The molecule has 2 aliphatic heterocycles. The molecule has 0 saturated carbocycles. The molecule has 29 heavy (non-hydrogen) atoms. The predicted molar refractivity (Wildman–Crippen MR) is 115 cm³/mol. The summed E-state index contributed by atoms with van der Waals surface area (Å²) in [4.78, 5) is 4.96. The Labute approximate surface area is 173 Å². The Morgan fingerprint density at radius 1 is 0.966 bits per heavy atom.